The second-order valence-corrected chi connectivity index (χ2v) is 8.08. The molecule has 1 heterocycles. The minimum Gasteiger partial charge on any atom is -0.357 e. The molecule has 0 spiro atoms. The summed E-state index contributed by atoms with van der Waals surface area (Å²) < 4.78 is 21.9. The molecule has 1 saturated heterocycles. The van der Waals surface area contributed by atoms with E-state index in [1.807, 2.05) is 6.92 Å². The maximum atomic E-state index is 11.0. The average Bonchev–Trinajstić information content (AvgIpc) is 2.44. The molecule has 0 unspecified atom stereocenters. The Labute approximate surface area is 134 Å². The molecule has 1 fully saturated rings. The van der Waals surface area contributed by atoms with Crippen molar-refractivity contribution in [2.45, 2.75) is 45.6 Å². The van der Waals surface area contributed by atoms with Gasteiger partial charge in [-0.05, 0) is 46.7 Å². The number of primary sulfonamides is 1. The van der Waals surface area contributed by atoms with Crippen LogP contribution in [0.15, 0.2) is 4.99 Å². The molecule has 1 aliphatic heterocycles. The summed E-state index contributed by atoms with van der Waals surface area (Å²) in [4.78, 5) is 7.08. The van der Waals surface area contributed by atoms with Crippen molar-refractivity contribution in [1.29, 1.82) is 0 Å². The van der Waals surface area contributed by atoms with E-state index >= 15 is 0 Å². The van der Waals surface area contributed by atoms with Crippen LogP contribution in [0.1, 0.15) is 40.0 Å². The maximum absolute atomic E-state index is 11.0. The van der Waals surface area contributed by atoms with Crippen molar-refractivity contribution < 1.29 is 8.42 Å². The molecule has 0 aromatic rings. The molecule has 4 N–H and O–H groups in total. The zero-order chi connectivity index (χ0) is 16.6. The van der Waals surface area contributed by atoms with Crippen molar-refractivity contribution in [3.05, 3.63) is 0 Å². The SMILES string of the molecule is CCNC(=NCC(C)(C)N1CCCCC1)NCCS(N)(=O)=O. The lowest BCUT2D eigenvalue weighted by molar-refractivity contribution is 0.102. The topological polar surface area (TPSA) is 99.8 Å². The number of piperidine rings is 1. The molecule has 0 aliphatic carbocycles. The second kappa shape index (κ2) is 8.69. The largest absolute Gasteiger partial charge is 0.357 e. The number of rotatable bonds is 7. The number of nitrogens with one attached hydrogen (secondary N) is 2. The van der Waals surface area contributed by atoms with E-state index in [0.717, 1.165) is 19.6 Å². The molecule has 0 aromatic heterocycles. The van der Waals surface area contributed by atoms with E-state index in [-0.39, 0.29) is 17.8 Å². The lowest BCUT2D eigenvalue weighted by atomic mass is 9.99. The van der Waals surface area contributed by atoms with Crippen LogP contribution in [0.2, 0.25) is 0 Å². The van der Waals surface area contributed by atoms with Gasteiger partial charge < -0.3 is 10.6 Å². The first kappa shape index (κ1) is 19.2. The molecule has 22 heavy (non-hydrogen) atoms. The minimum atomic E-state index is -3.45. The number of sulfonamides is 1. The zero-order valence-electron chi connectivity index (χ0n) is 14.1. The van der Waals surface area contributed by atoms with E-state index in [9.17, 15) is 8.42 Å². The highest BCUT2D eigenvalue weighted by atomic mass is 32.2. The molecule has 0 bridgehead atoms. The Morgan fingerprint density at radius 3 is 2.41 bits per heavy atom. The fraction of sp³-hybridized carbons (Fsp3) is 0.929. The molecule has 1 aliphatic rings. The Kier molecular flexibility index (Phi) is 7.58. The fourth-order valence-electron chi connectivity index (χ4n) is 2.53. The summed E-state index contributed by atoms with van der Waals surface area (Å²) in [6.07, 6.45) is 3.81. The summed E-state index contributed by atoms with van der Waals surface area (Å²) >= 11 is 0. The van der Waals surface area contributed by atoms with Crippen LogP contribution in [0.4, 0.5) is 0 Å². The third-order valence-corrected chi connectivity index (χ3v) is 4.63. The van der Waals surface area contributed by atoms with Crippen LogP contribution in [0.5, 0.6) is 0 Å². The highest BCUT2D eigenvalue weighted by molar-refractivity contribution is 7.89. The Morgan fingerprint density at radius 1 is 1.23 bits per heavy atom. The van der Waals surface area contributed by atoms with Gasteiger partial charge in [-0.15, -0.1) is 0 Å². The molecule has 0 atom stereocenters. The Bertz CT molecular complexity index is 456. The van der Waals surface area contributed by atoms with E-state index in [2.05, 4.69) is 34.4 Å². The quantitative estimate of drug-likeness (QED) is 0.453. The normalized spacial score (nSPS) is 18.3. The first-order valence-electron chi connectivity index (χ1n) is 8.02. The standard InChI is InChI=1S/C14H31N5O2S/c1-4-16-13(17-8-11-22(15,20)21)18-12-14(2,3)19-9-6-5-7-10-19/h4-12H2,1-3H3,(H2,15,20,21)(H2,16,17,18). The number of likely N-dealkylation sites (tertiary alicyclic amines) is 1. The summed E-state index contributed by atoms with van der Waals surface area (Å²) in [5.74, 6) is 0.531. The van der Waals surface area contributed by atoms with Gasteiger partial charge in [0.1, 0.15) is 0 Å². The summed E-state index contributed by atoms with van der Waals surface area (Å²) in [6.45, 7) is 10.3. The Morgan fingerprint density at radius 2 is 1.86 bits per heavy atom. The summed E-state index contributed by atoms with van der Waals surface area (Å²) in [6, 6.07) is 0. The van der Waals surface area contributed by atoms with Crippen LogP contribution < -0.4 is 15.8 Å². The van der Waals surface area contributed by atoms with Gasteiger partial charge in [0.05, 0.1) is 12.3 Å². The van der Waals surface area contributed by atoms with Gasteiger partial charge in [-0.25, -0.2) is 13.6 Å². The number of hydrogen-bond acceptors (Lipinski definition) is 4. The zero-order valence-corrected chi connectivity index (χ0v) is 14.9. The van der Waals surface area contributed by atoms with Crippen molar-refractivity contribution >= 4 is 16.0 Å². The lowest BCUT2D eigenvalue weighted by Gasteiger charge is -2.40. The first-order valence-corrected chi connectivity index (χ1v) is 9.74. The van der Waals surface area contributed by atoms with Crippen molar-refractivity contribution in [3.63, 3.8) is 0 Å². The average molecular weight is 334 g/mol. The van der Waals surface area contributed by atoms with Gasteiger partial charge >= 0.3 is 0 Å². The van der Waals surface area contributed by atoms with Crippen LogP contribution in [-0.2, 0) is 10.0 Å². The molecule has 130 valence electrons. The summed E-state index contributed by atoms with van der Waals surface area (Å²) in [7, 11) is -3.45. The summed E-state index contributed by atoms with van der Waals surface area (Å²) in [5.41, 5.74) is 0.00269. The number of guanidine groups is 1. The number of nitrogens with two attached hydrogens (primary N) is 1. The lowest BCUT2D eigenvalue weighted by Crippen LogP contribution is -2.49. The Balaban J connectivity index is 2.55. The van der Waals surface area contributed by atoms with Crippen LogP contribution in [0.25, 0.3) is 0 Å². The van der Waals surface area contributed by atoms with Crippen molar-refractivity contribution in [2.75, 3.05) is 38.5 Å². The van der Waals surface area contributed by atoms with Gasteiger partial charge in [-0.3, -0.25) is 9.89 Å². The predicted octanol–water partition coefficient (Wildman–Crippen LogP) is 0.0945. The number of hydrogen-bond donors (Lipinski definition) is 3. The van der Waals surface area contributed by atoms with E-state index in [0.29, 0.717) is 12.5 Å². The number of nitrogens with zero attached hydrogens (tertiary/aromatic N) is 2. The molecule has 0 aromatic carbocycles. The molecular weight excluding hydrogens is 302 g/mol. The summed E-state index contributed by atoms with van der Waals surface area (Å²) in [5, 5.41) is 11.1. The van der Waals surface area contributed by atoms with Gasteiger partial charge in [0.15, 0.2) is 5.96 Å². The fourth-order valence-corrected chi connectivity index (χ4v) is 2.91. The smallest absolute Gasteiger partial charge is 0.210 e. The molecule has 0 saturated carbocycles. The molecular formula is C14H31N5O2S. The van der Waals surface area contributed by atoms with Gasteiger partial charge in [-0.1, -0.05) is 6.42 Å². The molecule has 1 rings (SSSR count). The predicted molar refractivity (Wildman–Crippen MR) is 91.5 cm³/mol. The number of aliphatic imine (C=N–C) groups is 1. The van der Waals surface area contributed by atoms with Gasteiger partial charge in [0.25, 0.3) is 0 Å². The first-order chi connectivity index (χ1) is 10.2. The third kappa shape index (κ3) is 7.42. The Hall–Kier alpha value is -0.860. The van der Waals surface area contributed by atoms with Crippen molar-refractivity contribution in [1.82, 2.24) is 15.5 Å². The highest BCUT2D eigenvalue weighted by Gasteiger charge is 2.27. The monoisotopic (exact) mass is 333 g/mol. The van der Waals surface area contributed by atoms with E-state index in [1.54, 1.807) is 0 Å². The minimum absolute atomic E-state index is 0.00269. The molecule has 0 radical (unpaired) electrons. The van der Waals surface area contributed by atoms with Gasteiger partial charge in [-0.2, -0.15) is 0 Å². The van der Waals surface area contributed by atoms with Crippen LogP contribution in [-0.4, -0.2) is 63.3 Å². The maximum Gasteiger partial charge on any atom is 0.210 e. The van der Waals surface area contributed by atoms with E-state index in [4.69, 9.17) is 5.14 Å². The van der Waals surface area contributed by atoms with Gasteiger partial charge in [0, 0.05) is 18.6 Å². The van der Waals surface area contributed by atoms with E-state index < -0.39 is 10.0 Å². The molecule has 0 amide bonds. The molecule has 8 heteroatoms. The van der Waals surface area contributed by atoms with Crippen molar-refractivity contribution in [2.24, 2.45) is 10.1 Å². The van der Waals surface area contributed by atoms with Crippen molar-refractivity contribution in [3.8, 4) is 0 Å². The highest BCUT2D eigenvalue weighted by Crippen LogP contribution is 2.20. The molecule has 7 nitrogen and oxygen atoms in total. The van der Waals surface area contributed by atoms with Crippen LogP contribution in [0, 0.1) is 0 Å². The second-order valence-electron chi connectivity index (χ2n) is 6.35. The van der Waals surface area contributed by atoms with Crippen LogP contribution in [0.3, 0.4) is 0 Å². The van der Waals surface area contributed by atoms with Crippen LogP contribution >= 0.6 is 0 Å². The third-order valence-electron chi connectivity index (χ3n) is 3.86. The van der Waals surface area contributed by atoms with Gasteiger partial charge in [0.2, 0.25) is 10.0 Å². The van der Waals surface area contributed by atoms with E-state index in [1.165, 1.54) is 19.3 Å².